The van der Waals surface area contributed by atoms with E-state index in [0.29, 0.717) is 5.69 Å². The Bertz CT molecular complexity index is 532. The second-order valence-electron chi connectivity index (χ2n) is 5.32. The van der Waals surface area contributed by atoms with Gasteiger partial charge in [-0.05, 0) is 37.0 Å². The van der Waals surface area contributed by atoms with E-state index < -0.39 is 11.8 Å². The predicted molar refractivity (Wildman–Crippen MR) is 72.9 cm³/mol. The van der Waals surface area contributed by atoms with Gasteiger partial charge in [-0.15, -0.1) is 0 Å². The Morgan fingerprint density at radius 3 is 2.55 bits per heavy atom. The lowest BCUT2D eigenvalue weighted by atomic mass is 9.66. The number of nitrogens with one attached hydrogen (secondary N) is 1. The van der Waals surface area contributed by atoms with E-state index in [1.165, 1.54) is 12.1 Å². The zero-order chi connectivity index (χ0) is 14.8. The molecule has 2 rings (SSSR count). The third kappa shape index (κ3) is 2.81. The highest BCUT2D eigenvalue weighted by atomic mass is 19.1. The van der Waals surface area contributed by atoms with Crippen LogP contribution >= 0.6 is 0 Å². The lowest BCUT2D eigenvalue weighted by Gasteiger charge is -2.39. The number of carboxylic acids is 1. The van der Waals surface area contributed by atoms with Crippen molar-refractivity contribution in [2.75, 3.05) is 5.32 Å². The first-order chi connectivity index (χ1) is 9.47. The number of rotatable bonds is 5. The van der Waals surface area contributed by atoms with Crippen LogP contribution in [0.5, 0.6) is 0 Å². The molecule has 1 saturated carbocycles. The molecule has 0 saturated heterocycles. The highest BCUT2D eigenvalue weighted by Gasteiger charge is 2.42. The SMILES string of the molecule is CCC1(C(=O)Nc2ccc(CC(=O)O)c(F)c2)CCC1. The highest BCUT2D eigenvalue weighted by Crippen LogP contribution is 2.44. The van der Waals surface area contributed by atoms with E-state index in [1.807, 2.05) is 6.92 Å². The molecule has 1 aliphatic carbocycles. The number of amides is 1. The highest BCUT2D eigenvalue weighted by molar-refractivity contribution is 5.95. The van der Waals surface area contributed by atoms with E-state index in [1.54, 1.807) is 6.07 Å². The summed E-state index contributed by atoms with van der Waals surface area (Å²) in [5, 5.41) is 11.4. The maximum absolute atomic E-state index is 13.7. The number of carbonyl (C=O) groups excluding carboxylic acids is 1. The minimum absolute atomic E-state index is 0.0726. The van der Waals surface area contributed by atoms with E-state index in [2.05, 4.69) is 5.32 Å². The normalized spacial score (nSPS) is 16.3. The van der Waals surface area contributed by atoms with Crippen molar-refractivity contribution in [3.05, 3.63) is 29.6 Å². The van der Waals surface area contributed by atoms with Crippen molar-refractivity contribution in [1.29, 1.82) is 0 Å². The van der Waals surface area contributed by atoms with Gasteiger partial charge in [-0.1, -0.05) is 19.4 Å². The molecule has 0 bridgehead atoms. The molecule has 4 nitrogen and oxygen atoms in total. The van der Waals surface area contributed by atoms with Crippen molar-refractivity contribution in [3.63, 3.8) is 0 Å². The molecule has 1 amide bonds. The zero-order valence-electron chi connectivity index (χ0n) is 11.4. The van der Waals surface area contributed by atoms with Crippen LogP contribution in [-0.4, -0.2) is 17.0 Å². The van der Waals surface area contributed by atoms with Gasteiger partial charge in [0.1, 0.15) is 5.82 Å². The van der Waals surface area contributed by atoms with Crippen molar-refractivity contribution in [1.82, 2.24) is 0 Å². The molecular formula is C15H18FNO3. The Labute approximate surface area is 117 Å². The number of aliphatic carboxylic acids is 1. The van der Waals surface area contributed by atoms with Crippen LogP contribution in [0.25, 0.3) is 0 Å². The monoisotopic (exact) mass is 279 g/mol. The summed E-state index contributed by atoms with van der Waals surface area (Å²) in [5.41, 5.74) is 0.182. The van der Waals surface area contributed by atoms with Crippen LogP contribution in [0.2, 0.25) is 0 Å². The van der Waals surface area contributed by atoms with E-state index in [4.69, 9.17) is 5.11 Å². The second-order valence-corrected chi connectivity index (χ2v) is 5.32. The Morgan fingerprint density at radius 2 is 2.10 bits per heavy atom. The lowest BCUT2D eigenvalue weighted by molar-refractivity contribution is -0.136. The van der Waals surface area contributed by atoms with Gasteiger partial charge < -0.3 is 10.4 Å². The number of hydrogen-bond donors (Lipinski definition) is 2. The molecule has 0 spiro atoms. The molecule has 108 valence electrons. The fourth-order valence-electron chi connectivity index (χ4n) is 2.54. The predicted octanol–water partition coefficient (Wildman–Crippen LogP) is 2.97. The fourth-order valence-corrected chi connectivity index (χ4v) is 2.54. The molecule has 0 aliphatic heterocycles. The standard InChI is InChI=1S/C15H18FNO3/c1-2-15(6-3-7-15)14(20)17-11-5-4-10(8-13(18)19)12(16)9-11/h4-5,9H,2-3,6-8H2,1H3,(H,17,20)(H,18,19). The first-order valence-corrected chi connectivity index (χ1v) is 6.78. The van der Waals surface area contributed by atoms with E-state index in [9.17, 15) is 14.0 Å². The van der Waals surface area contributed by atoms with Gasteiger partial charge in [0.15, 0.2) is 0 Å². The molecule has 1 fully saturated rings. The molecule has 0 radical (unpaired) electrons. The molecule has 2 N–H and O–H groups in total. The first kappa shape index (κ1) is 14.5. The number of benzene rings is 1. The van der Waals surface area contributed by atoms with Gasteiger partial charge in [0.25, 0.3) is 0 Å². The number of carbonyl (C=O) groups is 2. The van der Waals surface area contributed by atoms with Crippen molar-refractivity contribution in [2.45, 2.75) is 39.0 Å². The molecule has 1 aliphatic rings. The van der Waals surface area contributed by atoms with Crippen molar-refractivity contribution in [3.8, 4) is 0 Å². The van der Waals surface area contributed by atoms with Crippen LogP contribution in [0.3, 0.4) is 0 Å². The van der Waals surface area contributed by atoms with Crippen LogP contribution in [0.15, 0.2) is 18.2 Å². The molecule has 0 unspecified atom stereocenters. The Balaban J connectivity index is 2.08. The van der Waals surface area contributed by atoms with Crippen LogP contribution in [-0.2, 0) is 16.0 Å². The quantitative estimate of drug-likeness (QED) is 0.870. The summed E-state index contributed by atoms with van der Waals surface area (Å²) in [6.07, 6.45) is 3.20. The largest absolute Gasteiger partial charge is 0.481 e. The Hall–Kier alpha value is -1.91. The lowest BCUT2D eigenvalue weighted by Crippen LogP contribution is -2.41. The van der Waals surface area contributed by atoms with Gasteiger partial charge >= 0.3 is 5.97 Å². The Morgan fingerprint density at radius 1 is 1.40 bits per heavy atom. The smallest absolute Gasteiger partial charge is 0.307 e. The van der Waals surface area contributed by atoms with Crippen LogP contribution in [0.4, 0.5) is 10.1 Å². The molecule has 0 aromatic heterocycles. The number of anilines is 1. The number of carboxylic acid groups (broad SMARTS) is 1. The van der Waals surface area contributed by atoms with Gasteiger partial charge in [-0.2, -0.15) is 0 Å². The van der Waals surface area contributed by atoms with Crippen LogP contribution in [0.1, 0.15) is 38.2 Å². The summed E-state index contributed by atoms with van der Waals surface area (Å²) < 4.78 is 13.7. The average Bonchev–Trinajstić information content (AvgIpc) is 2.31. The van der Waals surface area contributed by atoms with Gasteiger partial charge in [0.2, 0.25) is 5.91 Å². The molecule has 1 aromatic carbocycles. The van der Waals surface area contributed by atoms with Gasteiger partial charge in [0, 0.05) is 11.1 Å². The van der Waals surface area contributed by atoms with Gasteiger partial charge in [0.05, 0.1) is 6.42 Å². The number of halogens is 1. The molecule has 20 heavy (non-hydrogen) atoms. The summed E-state index contributed by atoms with van der Waals surface area (Å²) in [6.45, 7) is 1.98. The minimum Gasteiger partial charge on any atom is -0.481 e. The maximum Gasteiger partial charge on any atom is 0.307 e. The summed E-state index contributed by atoms with van der Waals surface area (Å²) in [7, 11) is 0. The second kappa shape index (κ2) is 5.61. The maximum atomic E-state index is 13.7. The average molecular weight is 279 g/mol. The Kier molecular flexibility index (Phi) is 4.06. The molecule has 0 atom stereocenters. The molecule has 1 aromatic rings. The zero-order valence-corrected chi connectivity index (χ0v) is 11.4. The van der Waals surface area contributed by atoms with Crippen molar-refractivity contribution >= 4 is 17.6 Å². The van der Waals surface area contributed by atoms with Gasteiger partial charge in [-0.3, -0.25) is 9.59 Å². The molecule has 5 heteroatoms. The third-order valence-corrected chi connectivity index (χ3v) is 4.12. The molecular weight excluding hydrogens is 261 g/mol. The topological polar surface area (TPSA) is 66.4 Å². The van der Waals surface area contributed by atoms with E-state index in [-0.39, 0.29) is 23.3 Å². The summed E-state index contributed by atoms with van der Waals surface area (Å²) in [4.78, 5) is 22.8. The minimum atomic E-state index is -1.08. The van der Waals surface area contributed by atoms with E-state index in [0.717, 1.165) is 25.7 Å². The van der Waals surface area contributed by atoms with Crippen molar-refractivity contribution in [2.24, 2.45) is 5.41 Å². The number of hydrogen-bond acceptors (Lipinski definition) is 2. The van der Waals surface area contributed by atoms with E-state index >= 15 is 0 Å². The summed E-state index contributed by atoms with van der Waals surface area (Å²) in [6, 6.07) is 4.12. The first-order valence-electron chi connectivity index (χ1n) is 6.78. The van der Waals surface area contributed by atoms with Crippen LogP contribution in [0, 0.1) is 11.2 Å². The third-order valence-electron chi connectivity index (χ3n) is 4.12. The summed E-state index contributed by atoms with van der Waals surface area (Å²) >= 11 is 0. The fraction of sp³-hybridized carbons (Fsp3) is 0.467. The summed E-state index contributed by atoms with van der Waals surface area (Å²) in [5.74, 6) is -1.76. The van der Waals surface area contributed by atoms with Gasteiger partial charge in [-0.25, -0.2) is 4.39 Å². The van der Waals surface area contributed by atoms with Crippen LogP contribution < -0.4 is 5.32 Å². The molecule has 0 heterocycles. The van der Waals surface area contributed by atoms with Crippen molar-refractivity contribution < 1.29 is 19.1 Å².